The molecule has 0 radical (unpaired) electrons. The van der Waals surface area contributed by atoms with Crippen LogP contribution in [0.25, 0.3) is 0 Å². The number of pyridine rings is 1. The molecule has 9 nitrogen and oxygen atoms in total. The van der Waals surface area contributed by atoms with Crippen LogP contribution in [0.15, 0.2) is 42.7 Å². The summed E-state index contributed by atoms with van der Waals surface area (Å²) in [5.74, 6) is -5.86. The molecule has 2 aliphatic heterocycles. The second-order valence-corrected chi connectivity index (χ2v) is 10.2. The predicted molar refractivity (Wildman–Crippen MR) is 131 cm³/mol. The van der Waals surface area contributed by atoms with Crippen LogP contribution in [-0.2, 0) is 10.2 Å². The molecule has 4 heterocycles. The Morgan fingerprint density at radius 2 is 1.78 bits per heavy atom. The molecule has 2 aromatic heterocycles. The number of anilines is 2. The van der Waals surface area contributed by atoms with Crippen molar-refractivity contribution < 1.29 is 41.0 Å². The number of aromatic nitrogens is 3. The highest BCUT2D eigenvalue weighted by Crippen LogP contribution is 2.41. The minimum atomic E-state index is -5.17. The van der Waals surface area contributed by atoms with Gasteiger partial charge >= 0.3 is 6.18 Å². The van der Waals surface area contributed by atoms with Gasteiger partial charge in [-0.05, 0) is 32.0 Å². The zero-order chi connectivity index (χ0) is 29.9. The quantitative estimate of drug-likeness (QED) is 0.446. The summed E-state index contributed by atoms with van der Waals surface area (Å²) >= 11 is 0. The van der Waals surface area contributed by atoms with Crippen LogP contribution in [0.5, 0.6) is 0 Å². The largest absolute Gasteiger partial charge is 0.426 e. The maximum atomic E-state index is 15.1. The van der Waals surface area contributed by atoms with Crippen LogP contribution >= 0.6 is 0 Å². The fourth-order valence-corrected chi connectivity index (χ4v) is 4.87. The fourth-order valence-electron chi connectivity index (χ4n) is 4.87. The molecule has 2 N–H and O–H groups in total. The molecule has 216 valence electrons. The first-order chi connectivity index (χ1) is 19.1. The molecular weight excluding hydrogens is 558 g/mol. The van der Waals surface area contributed by atoms with Crippen LogP contribution in [0.3, 0.4) is 0 Å². The normalized spacial score (nSPS) is 20.8. The third-order valence-corrected chi connectivity index (χ3v) is 7.27. The first kappa shape index (κ1) is 28.3. The summed E-state index contributed by atoms with van der Waals surface area (Å²) in [7, 11) is 0. The van der Waals surface area contributed by atoms with Crippen LogP contribution in [0, 0.1) is 17.5 Å². The number of hydrogen-bond donors (Lipinski definition) is 2. The summed E-state index contributed by atoms with van der Waals surface area (Å²) in [5.41, 5.74) is -5.41. The Balaban J connectivity index is 1.48. The van der Waals surface area contributed by atoms with E-state index in [1.54, 1.807) is 0 Å². The monoisotopic (exact) mass is 580 g/mol. The number of aliphatic hydroxyl groups is 1. The minimum Gasteiger partial charge on any atom is -0.373 e. The number of likely N-dealkylation sites (tertiary alicyclic amines) is 1. The lowest BCUT2D eigenvalue weighted by atomic mass is 9.74. The molecule has 2 atom stereocenters. The topological polar surface area (TPSA) is 112 Å². The predicted octanol–water partition coefficient (Wildman–Crippen LogP) is 3.19. The zero-order valence-electron chi connectivity index (χ0n) is 21.5. The Bertz CT molecular complexity index is 1540. The zero-order valence-corrected chi connectivity index (χ0v) is 21.5. The number of amides is 2. The average Bonchev–Trinajstić information content (AvgIpc) is 2.89. The Hall–Kier alpha value is -4.27. The summed E-state index contributed by atoms with van der Waals surface area (Å²) in [6.45, 7) is 1.05. The Morgan fingerprint density at radius 1 is 1.10 bits per heavy atom. The molecule has 5 rings (SSSR count). The molecule has 3 aromatic rings. The summed E-state index contributed by atoms with van der Waals surface area (Å²) in [5, 5.41) is 12.5. The molecule has 41 heavy (non-hydrogen) atoms. The van der Waals surface area contributed by atoms with Crippen molar-refractivity contribution in [3.8, 4) is 0 Å². The van der Waals surface area contributed by atoms with E-state index in [1.165, 1.54) is 31.3 Å². The standard InChI is InChI=1S/C26H22F6N6O3/c1-24(15-5-3-6-16(27)18(15)29)12-38(20-17(28)7-4-8-33-20)21(39)14-9-34-23(36-19(14)24)35-13-10-37(11-13)22(40)25(2,41)26(30,31)32/h3-9,13,41H,10-12H2,1-2H3,(H,34,35,36)/t24-,25+/m1/s1. The van der Waals surface area contributed by atoms with Gasteiger partial charge in [-0.2, -0.15) is 13.2 Å². The van der Waals surface area contributed by atoms with Gasteiger partial charge in [0.05, 0.1) is 22.7 Å². The van der Waals surface area contributed by atoms with E-state index in [2.05, 4.69) is 20.3 Å². The maximum absolute atomic E-state index is 15.1. The van der Waals surface area contributed by atoms with Crippen molar-refractivity contribution in [3.05, 3.63) is 77.0 Å². The molecule has 1 saturated heterocycles. The SMILES string of the molecule is C[C@]1(c2cccc(F)c2F)CN(c2ncccc2F)C(=O)c2cnc(NC3CN(C(=O)[C@](C)(O)C(F)(F)F)C3)nc21. The van der Waals surface area contributed by atoms with Crippen molar-refractivity contribution in [2.45, 2.75) is 37.1 Å². The van der Waals surface area contributed by atoms with Crippen molar-refractivity contribution >= 4 is 23.6 Å². The van der Waals surface area contributed by atoms with Gasteiger partial charge in [0.25, 0.3) is 11.8 Å². The maximum Gasteiger partial charge on any atom is 0.426 e. The number of halogens is 6. The molecule has 1 fully saturated rings. The van der Waals surface area contributed by atoms with Crippen LogP contribution < -0.4 is 10.2 Å². The number of nitrogens with one attached hydrogen (secondary N) is 1. The third-order valence-electron chi connectivity index (χ3n) is 7.27. The smallest absolute Gasteiger partial charge is 0.373 e. The van der Waals surface area contributed by atoms with Crippen LogP contribution in [-0.4, -0.2) is 74.2 Å². The van der Waals surface area contributed by atoms with Gasteiger partial charge in [-0.15, -0.1) is 0 Å². The number of carbonyl (C=O) groups excluding carboxylic acids is 2. The summed E-state index contributed by atoms with van der Waals surface area (Å²) < 4.78 is 83.2. The van der Waals surface area contributed by atoms with Gasteiger partial charge in [0.2, 0.25) is 11.5 Å². The summed E-state index contributed by atoms with van der Waals surface area (Å²) in [6.07, 6.45) is -2.78. The van der Waals surface area contributed by atoms with Gasteiger partial charge in [-0.25, -0.2) is 28.1 Å². The van der Waals surface area contributed by atoms with Crippen molar-refractivity contribution in [1.29, 1.82) is 0 Å². The van der Waals surface area contributed by atoms with E-state index in [-0.39, 0.29) is 48.2 Å². The molecule has 0 saturated carbocycles. The molecule has 0 spiro atoms. The van der Waals surface area contributed by atoms with Gasteiger partial charge in [0, 0.05) is 37.6 Å². The lowest BCUT2D eigenvalue weighted by Crippen LogP contribution is -2.65. The minimum absolute atomic E-state index is 0.00986. The highest BCUT2D eigenvalue weighted by molar-refractivity contribution is 6.08. The number of nitrogens with zero attached hydrogens (tertiary/aromatic N) is 5. The average molecular weight is 580 g/mol. The molecule has 15 heteroatoms. The van der Waals surface area contributed by atoms with Crippen molar-refractivity contribution in [3.63, 3.8) is 0 Å². The van der Waals surface area contributed by atoms with E-state index in [0.717, 1.165) is 28.1 Å². The summed E-state index contributed by atoms with van der Waals surface area (Å²) in [6, 6.07) is 5.30. The number of alkyl halides is 3. The van der Waals surface area contributed by atoms with E-state index in [4.69, 9.17) is 0 Å². The van der Waals surface area contributed by atoms with Gasteiger partial charge in [-0.3, -0.25) is 14.5 Å². The number of benzene rings is 1. The van der Waals surface area contributed by atoms with Crippen LogP contribution in [0.4, 0.5) is 38.1 Å². The Morgan fingerprint density at radius 3 is 2.44 bits per heavy atom. The molecular formula is C26H22F6N6O3. The van der Waals surface area contributed by atoms with Gasteiger partial charge in [0.1, 0.15) is 0 Å². The second kappa shape index (κ2) is 9.68. The van der Waals surface area contributed by atoms with E-state index in [9.17, 15) is 36.6 Å². The second-order valence-electron chi connectivity index (χ2n) is 10.2. The fraction of sp³-hybridized carbons (Fsp3) is 0.346. The number of rotatable bonds is 5. The Kier molecular flexibility index (Phi) is 6.67. The lowest BCUT2D eigenvalue weighted by molar-refractivity contribution is -0.251. The van der Waals surface area contributed by atoms with Crippen LogP contribution in [0.1, 0.15) is 35.5 Å². The molecule has 0 bridgehead atoms. The highest BCUT2D eigenvalue weighted by atomic mass is 19.4. The number of hydrogen-bond acceptors (Lipinski definition) is 7. The molecule has 0 aliphatic carbocycles. The summed E-state index contributed by atoms with van der Waals surface area (Å²) in [4.78, 5) is 39.8. The van der Waals surface area contributed by atoms with Crippen molar-refractivity contribution in [2.24, 2.45) is 0 Å². The molecule has 1 aromatic carbocycles. The van der Waals surface area contributed by atoms with E-state index < -0.39 is 52.5 Å². The van der Waals surface area contributed by atoms with Gasteiger partial charge in [-0.1, -0.05) is 12.1 Å². The molecule has 0 unspecified atom stereocenters. The first-order valence-electron chi connectivity index (χ1n) is 12.2. The van der Waals surface area contributed by atoms with Gasteiger partial charge < -0.3 is 15.3 Å². The van der Waals surface area contributed by atoms with Gasteiger partial charge in [0.15, 0.2) is 23.3 Å². The third kappa shape index (κ3) is 4.63. The van der Waals surface area contributed by atoms with Crippen LogP contribution in [0.2, 0.25) is 0 Å². The van der Waals surface area contributed by atoms with E-state index in [1.807, 2.05) is 0 Å². The molecule has 2 amide bonds. The lowest BCUT2D eigenvalue weighted by Gasteiger charge is -2.43. The van der Waals surface area contributed by atoms with Crippen molar-refractivity contribution in [1.82, 2.24) is 19.9 Å². The van der Waals surface area contributed by atoms with E-state index >= 15 is 4.39 Å². The molecule has 2 aliphatic rings. The number of carbonyl (C=O) groups is 2. The van der Waals surface area contributed by atoms with E-state index in [0.29, 0.717) is 6.92 Å². The van der Waals surface area contributed by atoms with Crippen molar-refractivity contribution in [2.75, 3.05) is 29.9 Å². The number of fused-ring (bicyclic) bond motifs is 1. The Labute approximate surface area is 228 Å². The highest BCUT2D eigenvalue weighted by Gasteiger charge is 2.58. The first-order valence-corrected chi connectivity index (χ1v) is 12.2.